The van der Waals surface area contributed by atoms with Gasteiger partial charge in [0.2, 0.25) is 3.79 Å². The van der Waals surface area contributed by atoms with Crippen LogP contribution in [-0.2, 0) is 0 Å². The lowest BCUT2D eigenvalue weighted by atomic mass is 10.1. The standard InChI is InChI=1S/C13H21Cl7/c1-2-3-4-5-6-7-8-9-10-11(14,15)12(16,17)13(18,19)20/h2-10H2,1H3. The van der Waals surface area contributed by atoms with Gasteiger partial charge in [-0.1, -0.05) is 139 Å². The Kier molecular flexibility index (Phi) is 11.0. The monoisotopic (exact) mass is 422 g/mol. The third kappa shape index (κ3) is 7.53. The zero-order valence-corrected chi connectivity index (χ0v) is 16.8. The van der Waals surface area contributed by atoms with Crippen molar-refractivity contribution in [2.24, 2.45) is 0 Å². The summed E-state index contributed by atoms with van der Waals surface area (Å²) < 4.78 is -5.29. The van der Waals surface area contributed by atoms with E-state index in [4.69, 9.17) is 81.2 Å². The molecule has 7 heteroatoms. The SMILES string of the molecule is CCCCCCCCCCC(Cl)(Cl)C(Cl)(Cl)C(Cl)(Cl)Cl. The van der Waals surface area contributed by atoms with E-state index in [0.29, 0.717) is 6.42 Å². The molecule has 0 aliphatic carbocycles. The average molecular weight is 425 g/mol. The smallest absolute Gasteiger partial charge is 0.0981 e. The lowest BCUT2D eigenvalue weighted by Gasteiger charge is -2.37. The number of hydrogen-bond acceptors (Lipinski definition) is 0. The summed E-state index contributed by atoms with van der Waals surface area (Å²) in [6, 6.07) is 0. The van der Waals surface area contributed by atoms with Gasteiger partial charge in [-0.3, -0.25) is 0 Å². The van der Waals surface area contributed by atoms with Gasteiger partial charge in [-0.15, -0.1) is 0 Å². The predicted molar refractivity (Wildman–Crippen MR) is 96.4 cm³/mol. The molecule has 0 bridgehead atoms. The molecule has 0 N–H and O–H groups in total. The molecule has 122 valence electrons. The number of halogens is 7. The van der Waals surface area contributed by atoms with Crippen LogP contribution in [0.5, 0.6) is 0 Å². The first-order valence-corrected chi connectivity index (χ1v) is 9.53. The second-order valence-corrected chi connectivity index (χ2v) is 10.1. The fourth-order valence-corrected chi connectivity index (χ4v) is 3.36. The topological polar surface area (TPSA) is 0 Å². The minimum absolute atomic E-state index is 0.381. The van der Waals surface area contributed by atoms with Gasteiger partial charge in [-0.25, -0.2) is 0 Å². The van der Waals surface area contributed by atoms with Gasteiger partial charge in [0, 0.05) is 0 Å². The maximum absolute atomic E-state index is 6.14. The summed E-state index contributed by atoms with van der Waals surface area (Å²) in [5, 5.41) is 0. The first kappa shape index (κ1) is 22.0. The van der Waals surface area contributed by atoms with Gasteiger partial charge in [-0.2, -0.15) is 0 Å². The summed E-state index contributed by atoms with van der Waals surface area (Å²) in [5.41, 5.74) is 0. The quantitative estimate of drug-likeness (QED) is 0.244. The molecule has 0 aliphatic heterocycles. The van der Waals surface area contributed by atoms with Gasteiger partial charge >= 0.3 is 0 Å². The van der Waals surface area contributed by atoms with Crippen molar-refractivity contribution in [3.63, 3.8) is 0 Å². The van der Waals surface area contributed by atoms with Gasteiger partial charge in [0.1, 0.15) is 0 Å². The van der Waals surface area contributed by atoms with Crippen LogP contribution in [0, 0.1) is 0 Å². The molecule has 0 radical (unpaired) electrons. The molecule has 0 spiro atoms. The zero-order valence-electron chi connectivity index (χ0n) is 11.5. The first-order chi connectivity index (χ1) is 9.06. The van der Waals surface area contributed by atoms with Gasteiger partial charge in [0.05, 0.1) is 0 Å². The summed E-state index contributed by atoms with van der Waals surface area (Å²) in [6.45, 7) is 2.20. The molecular weight excluding hydrogens is 404 g/mol. The summed E-state index contributed by atoms with van der Waals surface area (Å²) >= 11 is 41.5. The van der Waals surface area contributed by atoms with E-state index < -0.39 is 12.5 Å². The van der Waals surface area contributed by atoms with Crippen LogP contribution >= 0.6 is 81.2 Å². The Morgan fingerprint density at radius 3 is 1.40 bits per heavy atom. The highest BCUT2D eigenvalue weighted by Gasteiger charge is 2.59. The predicted octanol–water partition coefficient (Wildman–Crippen LogP) is 8.24. The lowest BCUT2D eigenvalue weighted by molar-refractivity contribution is 0.528. The molecule has 0 unspecified atom stereocenters. The van der Waals surface area contributed by atoms with Crippen LogP contribution in [0.2, 0.25) is 0 Å². The molecule has 0 aromatic heterocycles. The summed E-state index contributed by atoms with van der Waals surface area (Å²) in [5.74, 6) is 0. The molecular formula is C13H21Cl7. The number of rotatable bonds is 10. The summed E-state index contributed by atoms with van der Waals surface area (Å²) in [6.07, 6.45) is 9.66. The third-order valence-corrected chi connectivity index (χ3v) is 7.13. The molecule has 0 atom stereocenters. The second-order valence-electron chi connectivity index (χ2n) is 5.00. The van der Waals surface area contributed by atoms with Crippen molar-refractivity contribution < 1.29 is 0 Å². The van der Waals surface area contributed by atoms with Gasteiger partial charge in [0.25, 0.3) is 0 Å². The molecule has 0 nitrogen and oxygen atoms in total. The highest BCUT2D eigenvalue weighted by Crippen LogP contribution is 2.57. The van der Waals surface area contributed by atoms with E-state index in [9.17, 15) is 0 Å². The molecule has 0 aromatic carbocycles. The van der Waals surface area contributed by atoms with Crippen LogP contribution in [0.4, 0.5) is 0 Å². The molecule has 0 fully saturated rings. The highest BCUT2D eigenvalue weighted by molar-refractivity contribution is 6.78. The average Bonchev–Trinajstić information content (AvgIpc) is 2.31. The molecule has 0 rings (SSSR count). The minimum Gasteiger partial charge on any atom is -0.0981 e. The number of hydrogen-bond donors (Lipinski definition) is 0. The fraction of sp³-hybridized carbons (Fsp3) is 1.00. The van der Waals surface area contributed by atoms with E-state index in [0.717, 1.165) is 19.3 Å². The maximum Gasteiger partial charge on any atom is 0.226 e. The Balaban J connectivity index is 3.94. The second kappa shape index (κ2) is 10.0. The Hall–Kier alpha value is 2.03. The third-order valence-electron chi connectivity index (χ3n) is 3.16. The zero-order chi connectivity index (χ0) is 15.9. The van der Waals surface area contributed by atoms with E-state index in [1.807, 2.05) is 0 Å². The van der Waals surface area contributed by atoms with Crippen molar-refractivity contribution in [3.05, 3.63) is 0 Å². The molecule has 0 saturated heterocycles. The maximum atomic E-state index is 6.14. The van der Waals surface area contributed by atoms with Crippen molar-refractivity contribution in [1.82, 2.24) is 0 Å². The van der Waals surface area contributed by atoms with Crippen LogP contribution in [0.1, 0.15) is 64.7 Å². The summed E-state index contributed by atoms with van der Waals surface area (Å²) in [4.78, 5) is 0. The van der Waals surface area contributed by atoms with Crippen molar-refractivity contribution >= 4 is 81.2 Å². The van der Waals surface area contributed by atoms with E-state index in [1.165, 1.54) is 32.1 Å². The van der Waals surface area contributed by atoms with Crippen LogP contribution in [0.25, 0.3) is 0 Å². The van der Waals surface area contributed by atoms with Crippen LogP contribution in [-0.4, -0.2) is 12.5 Å². The van der Waals surface area contributed by atoms with Gasteiger partial charge in [-0.05, 0) is 6.42 Å². The van der Waals surface area contributed by atoms with Crippen LogP contribution in [0.3, 0.4) is 0 Å². The molecule has 0 aliphatic rings. The fourth-order valence-electron chi connectivity index (χ4n) is 1.85. The first-order valence-electron chi connectivity index (χ1n) is 6.88. The molecule has 0 amide bonds. The number of unbranched alkanes of at least 4 members (excludes halogenated alkanes) is 7. The highest BCUT2D eigenvalue weighted by atomic mass is 35.6. The van der Waals surface area contributed by atoms with Crippen molar-refractivity contribution in [1.29, 1.82) is 0 Å². The number of alkyl halides is 7. The molecule has 0 saturated carbocycles. The summed E-state index contributed by atoms with van der Waals surface area (Å²) in [7, 11) is 0. The Labute approximate surface area is 157 Å². The normalized spacial score (nSPS) is 13.8. The van der Waals surface area contributed by atoms with Gasteiger partial charge < -0.3 is 0 Å². The molecule has 20 heavy (non-hydrogen) atoms. The Morgan fingerprint density at radius 2 is 1.00 bits per heavy atom. The Morgan fingerprint density at radius 1 is 0.600 bits per heavy atom. The van der Waals surface area contributed by atoms with Crippen LogP contribution < -0.4 is 0 Å². The largest absolute Gasteiger partial charge is 0.226 e. The van der Waals surface area contributed by atoms with E-state index in [2.05, 4.69) is 6.92 Å². The molecule has 0 heterocycles. The van der Waals surface area contributed by atoms with E-state index >= 15 is 0 Å². The minimum atomic E-state index is -1.94. The molecule has 0 aromatic rings. The van der Waals surface area contributed by atoms with Gasteiger partial charge in [0.15, 0.2) is 8.67 Å². The van der Waals surface area contributed by atoms with Crippen molar-refractivity contribution in [2.45, 2.75) is 77.2 Å². The van der Waals surface area contributed by atoms with Crippen molar-refractivity contribution in [3.8, 4) is 0 Å². The van der Waals surface area contributed by atoms with Crippen molar-refractivity contribution in [2.75, 3.05) is 0 Å². The van der Waals surface area contributed by atoms with E-state index in [1.54, 1.807) is 0 Å². The van der Waals surface area contributed by atoms with E-state index in [-0.39, 0.29) is 0 Å². The van der Waals surface area contributed by atoms with Crippen LogP contribution in [0.15, 0.2) is 0 Å². The lowest BCUT2D eigenvalue weighted by Crippen LogP contribution is -2.46. The Bertz CT molecular complexity index is 258.